The number of hydrogen-bond donors (Lipinski definition) is 2. The number of amides is 3. The third-order valence-electron chi connectivity index (χ3n) is 4.09. The predicted octanol–water partition coefficient (Wildman–Crippen LogP) is 1.40. The molecule has 0 unspecified atom stereocenters. The summed E-state index contributed by atoms with van der Waals surface area (Å²) in [6.07, 6.45) is 2.23. The Morgan fingerprint density at radius 1 is 1.24 bits per heavy atom. The van der Waals surface area contributed by atoms with Gasteiger partial charge < -0.3 is 20.3 Å². The molecule has 0 saturated carbocycles. The lowest BCUT2D eigenvalue weighted by Crippen LogP contribution is -2.46. The smallest absolute Gasteiger partial charge is 0.254 e. The summed E-state index contributed by atoms with van der Waals surface area (Å²) >= 11 is 0. The molecule has 25 heavy (non-hydrogen) atoms. The summed E-state index contributed by atoms with van der Waals surface area (Å²) in [7, 11) is 1.62. The molecule has 7 nitrogen and oxygen atoms in total. The Morgan fingerprint density at radius 2 is 1.96 bits per heavy atom. The summed E-state index contributed by atoms with van der Waals surface area (Å²) in [6, 6.07) is 6.28. The van der Waals surface area contributed by atoms with Crippen LogP contribution in [0.2, 0.25) is 0 Å². The van der Waals surface area contributed by atoms with Gasteiger partial charge in [0.05, 0.1) is 0 Å². The van der Waals surface area contributed by atoms with Gasteiger partial charge in [-0.25, -0.2) is 0 Å². The lowest BCUT2D eigenvalue weighted by molar-refractivity contribution is -0.124. The molecule has 0 aromatic heterocycles. The molecule has 1 aromatic rings. The first-order chi connectivity index (χ1) is 12.0. The van der Waals surface area contributed by atoms with E-state index < -0.39 is 6.04 Å². The van der Waals surface area contributed by atoms with Crippen molar-refractivity contribution in [3.63, 3.8) is 0 Å². The lowest BCUT2D eigenvalue weighted by Gasteiger charge is -2.24. The van der Waals surface area contributed by atoms with E-state index >= 15 is 0 Å². The molecule has 1 heterocycles. The summed E-state index contributed by atoms with van der Waals surface area (Å²) in [4.78, 5) is 37.7. The van der Waals surface area contributed by atoms with Crippen LogP contribution in [0, 0.1) is 0 Å². The fourth-order valence-electron chi connectivity index (χ4n) is 2.89. The molecule has 1 saturated heterocycles. The molecule has 0 bridgehead atoms. The molecule has 0 spiro atoms. The van der Waals surface area contributed by atoms with Gasteiger partial charge in [0.1, 0.15) is 6.04 Å². The highest BCUT2D eigenvalue weighted by atomic mass is 16.5. The Balaban J connectivity index is 1.97. The highest BCUT2D eigenvalue weighted by molar-refractivity contribution is 5.98. The standard InChI is InChI=1S/C18H25N3O4/c1-13(22)20-15-8-6-14(7-9-15)18(24)21-11-3-5-16(21)17(23)19-10-4-12-25-2/h6-9,16H,3-5,10-12H2,1-2H3,(H,19,23)(H,20,22)/t16-/m1/s1. The minimum absolute atomic E-state index is 0.114. The number of anilines is 1. The van der Waals surface area contributed by atoms with Crippen molar-refractivity contribution in [3.8, 4) is 0 Å². The van der Waals surface area contributed by atoms with Gasteiger partial charge in [0, 0.05) is 45.0 Å². The minimum atomic E-state index is -0.426. The Hall–Kier alpha value is -2.41. The van der Waals surface area contributed by atoms with Gasteiger partial charge in [-0.05, 0) is 43.5 Å². The molecule has 2 N–H and O–H groups in total. The van der Waals surface area contributed by atoms with E-state index in [2.05, 4.69) is 10.6 Å². The molecular formula is C18H25N3O4. The largest absolute Gasteiger partial charge is 0.385 e. The molecule has 1 aliphatic heterocycles. The van der Waals surface area contributed by atoms with Crippen LogP contribution in [-0.2, 0) is 14.3 Å². The van der Waals surface area contributed by atoms with E-state index in [9.17, 15) is 14.4 Å². The number of hydrogen-bond acceptors (Lipinski definition) is 4. The van der Waals surface area contributed by atoms with Gasteiger partial charge in [-0.15, -0.1) is 0 Å². The number of carbonyl (C=O) groups excluding carboxylic acids is 3. The van der Waals surface area contributed by atoms with Crippen molar-refractivity contribution in [1.82, 2.24) is 10.2 Å². The van der Waals surface area contributed by atoms with Crippen molar-refractivity contribution >= 4 is 23.4 Å². The summed E-state index contributed by atoms with van der Waals surface area (Å²) in [6.45, 7) is 3.13. The highest BCUT2D eigenvalue weighted by Gasteiger charge is 2.34. The predicted molar refractivity (Wildman–Crippen MR) is 94.3 cm³/mol. The first kappa shape index (κ1) is 18.9. The fraction of sp³-hybridized carbons (Fsp3) is 0.500. The average Bonchev–Trinajstić information content (AvgIpc) is 3.08. The van der Waals surface area contributed by atoms with Crippen LogP contribution in [0.5, 0.6) is 0 Å². The van der Waals surface area contributed by atoms with E-state index in [0.29, 0.717) is 37.4 Å². The molecule has 136 valence electrons. The van der Waals surface area contributed by atoms with Crippen molar-refractivity contribution in [2.24, 2.45) is 0 Å². The maximum atomic E-state index is 12.7. The van der Waals surface area contributed by atoms with Crippen molar-refractivity contribution < 1.29 is 19.1 Å². The Morgan fingerprint density at radius 3 is 2.60 bits per heavy atom. The molecule has 1 atom stereocenters. The molecule has 1 aromatic carbocycles. The first-order valence-corrected chi connectivity index (χ1v) is 8.48. The second-order valence-corrected chi connectivity index (χ2v) is 6.05. The van der Waals surface area contributed by atoms with Gasteiger partial charge in [-0.1, -0.05) is 0 Å². The van der Waals surface area contributed by atoms with Crippen LogP contribution in [0.3, 0.4) is 0 Å². The van der Waals surface area contributed by atoms with Crippen molar-refractivity contribution in [2.75, 3.05) is 32.1 Å². The first-order valence-electron chi connectivity index (χ1n) is 8.48. The van der Waals surface area contributed by atoms with Crippen molar-refractivity contribution in [3.05, 3.63) is 29.8 Å². The summed E-state index contributed by atoms with van der Waals surface area (Å²) < 4.78 is 4.96. The maximum absolute atomic E-state index is 12.7. The second-order valence-electron chi connectivity index (χ2n) is 6.05. The zero-order chi connectivity index (χ0) is 18.2. The third kappa shape index (κ3) is 5.29. The topological polar surface area (TPSA) is 87.7 Å². The number of ether oxygens (including phenoxy) is 1. The number of likely N-dealkylation sites (tertiary alicyclic amines) is 1. The Kier molecular flexibility index (Phi) is 6.94. The number of nitrogens with zero attached hydrogens (tertiary/aromatic N) is 1. The van der Waals surface area contributed by atoms with Crippen LogP contribution in [-0.4, -0.2) is 55.5 Å². The Labute approximate surface area is 147 Å². The maximum Gasteiger partial charge on any atom is 0.254 e. The SMILES string of the molecule is COCCCNC(=O)[C@H]1CCCN1C(=O)c1ccc(NC(C)=O)cc1. The van der Waals surface area contributed by atoms with Gasteiger partial charge in [-0.2, -0.15) is 0 Å². The fourth-order valence-corrected chi connectivity index (χ4v) is 2.89. The average molecular weight is 347 g/mol. The summed E-state index contributed by atoms with van der Waals surface area (Å²) in [5.41, 5.74) is 1.14. The highest BCUT2D eigenvalue weighted by Crippen LogP contribution is 2.21. The number of rotatable bonds is 7. The molecule has 7 heteroatoms. The van der Waals surface area contributed by atoms with Crippen LogP contribution in [0.4, 0.5) is 5.69 Å². The van der Waals surface area contributed by atoms with Crippen LogP contribution in [0.25, 0.3) is 0 Å². The summed E-state index contributed by atoms with van der Waals surface area (Å²) in [5.74, 6) is -0.440. The number of methoxy groups -OCH3 is 1. The molecule has 0 aliphatic carbocycles. The lowest BCUT2D eigenvalue weighted by atomic mass is 10.1. The normalized spacial score (nSPS) is 16.6. The van der Waals surface area contributed by atoms with E-state index in [1.807, 2.05) is 0 Å². The van der Waals surface area contributed by atoms with Crippen molar-refractivity contribution in [2.45, 2.75) is 32.2 Å². The Bertz CT molecular complexity index is 615. The van der Waals surface area contributed by atoms with E-state index in [0.717, 1.165) is 12.8 Å². The van der Waals surface area contributed by atoms with Crippen LogP contribution >= 0.6 is 0 Å². The van der Waals surface area contributed by atoms with E-state index in [4.69, 9.17) is 4.74 Å². The molecular weight excluding hydrogens is 322 g/mol. The van der Waals surface area contributed by atoms with Crippen molar-refractivity contribution in [1.29, 1.82) is 0 Å². The van der Waals surface area contributed by atoms with E-state index in [1.54, 1.807) is 36.3 Å². The molecule has 1 fully saturated rings. The van der Waals surface area contributed by atoms with E-state index in [1.165, 1.54) is 6.92 Å². The quantitative estimate of drug-likeness (QED) is 0.730. The zero-order valence-corrected chi connectivity index (χ0v) is 14.7. The van der Waals surface area contributed by atoms with Gasteiger partial charge in [0.2, 0.25) is 11.8 Å². The van der Waals surface area contributed by atoms with Crippen LogP contribution < -0.4 is 10.6 Å². The number of nitrogens with one attached hydrogen (secondary N) is 2. The van der Waals surface area contributed by atoms with Gasteiger partial charge in [-0.3, -0.25) is 14.4 Å². The van der Waals surface area contributed by atoms with Crippen LogP contribution in [0.1, 0.15) is 36.5 Å². The molecule has 2 rings (SSSR count). The van der Waals surface area contributed by atoms with Gasteiger partial charge in [0.15, 0.2) is 0 Å². The minimum Gasteiger partial charge on any atom is -0.385 e. The molecule has 0 radical (unpaired) electrons. The van der Waals surface area contributed by atoms with Crippen LogP contribution in [0.15, 0.2) is 24.3 Å². The summed E-state index contributed by atoms with van der Waals surface area (Å²) in [5, 5.41) is 5.53. The second kappa shape index (κ2) is 9.17. The monoisotopic (exact) mass is 347 g/mol. The van der Waals surface area contributed by atoms with Gasteiger partial charge >= 0.3 is 0 Å². The van der Waals surface area contributed by atoms with E-state index in [-0.39, 0.29) is 17.7 Å². The van der Waals surface area contributed by atoms with Gasteiger partial charge in [0.25, 0.3) is 5.91 Å². The number of benzene rings is 1. The number of carbonyl (C=O) groups is 3. The molecule has 3 amide bonds. The molecule has 1 aliphatic rings. The third-order valence-corrected chi connectivity index (χ3v) is 4.09. The zero-order valence-electron chi connectivity index (χ0n) is 14.7.